The summed E-state index contributed by atoms with van der Waals surface area (Å²) in [6.45, 7) is 56.3. The summed E-state index contributed by atoms with van der Waals surface area (Å²) in [6.07, 6.45) is 36.4. The summed E-state index contributed by atoms with van der Waals surface area (Å²) in [5.74, 6) is 0. The maximum absolute atomic E-state index is 4.60. The zero-order valence-electron chi connectivity index (χ0n) is 74.8. The number of aryl methyl sites for hydroxylation is 8. The molecule has 0 aliphatic rings. The molecule has 0 saturated carbocycles. The van der Waals surface area contributed by atoms with Crippen LogP contribution in [0, 0.1) is 55.4 Å². The highest BCUT2D eigenvalue weighted by Crippen LogP contribution is 2.27. The van der Waals surface area contributed by atoms with Crippen LogP contribution < -0.4 is 0 Å². The average molecular weight is 1550 g/mol. The monoisotopic (exact) mass is 1550 g/mol. The van der Waals surface area contributed by atoms with Gasteiger partial charge in [0.2, 0.25) is 0 Å². The van der Waals surface area contributed by atoms with Crippen molar-refractivity contribution in [2.45, 2.75) is 194 Å². The molecule has 14 nitrogen and oxygen atoms in total. The van der Waals surface area contributed by atoms with Gasteiger partial charge in [-0.05, 0) is 183 Å². The summed E-state index contributed by atoms with van der Waals surface area (Å²) >= 11 is 0. The van der Waals surface area contributed by atoms with Gasteiger partial charge in [-0.25, -0.2) is 0 Å². The molecular weight excluding hydrogens is 1420 g/mol. The van der Waals surface area contributed by atoms with Crippen molar-refractivity contribution in [1.82, 2.24) is 69.8 Å². The predicted molar refractivity (Wildman–Crippen MR) is 507 cm³/mol. The van der Waals surface area contributed by atoms with Crippen molar-refractivity contribution in [2.24, 2.45) is 0 Å². The van der Waals surface area contributed by atoms with Crippen LogP contribution in [0.1, 0.15) is 183 Å². The number of hydrogen-bond acceptors (Lipinski definition) is 14. The molecule has 14 heteroatoms. The minimum absolute atomic E-state index is 0.965. The van der Waals surface area contributed by atoms with Gasteiger partial charge in [0, 0.05) is 182 Å². The number of nitrogens with zero attached hydrogens (tertiary/aromatic N) is 14. The molecule has 608 valence electrons. The van der Waals surface area contributed by atoms with E-state index in [2.05, 4.69) is 181 Å². The molecule has 0 unspecified atom stereocenters. The largest absolute Gasteiger partial charge is 0.264 e. The van der Waals surface area contributed by atoms with E-state index in [4.69, 9.17) is 0 Å². The molecule has 0 amide bonds. The van der Waals surface area contributed by atoms with Gasteiger partial charge in [-0.1, -0.05) is 223 Å². The highest BCUT2D eigenvalue weighted by molar-refractivity contribution is 6.07. The highest BCUT2D eigenvalue weighted by atomic mass is 14.7. The molecule has 14 aromatic heterocycles. The van der Waals surface area contributed by atoms with Crippen molar-refractivity contribution in [1.29, 1.82) is 0 Å². The van der Waals surface area contributed by atoms with E-state index in [9.17, 15) is 0 Å². The number of fused-ring (bicyclic) bond motifs is 12. The van der Waals surface area contributed by atoms with Crippen LogP contribution in [-0.2, 0) is 0 Å². The van der Waals surface area contributed by atoms with Gasteiger partial charge >= 0.3 is 0 Å². The third-order valence-corrected chi connectivity index (χ3v) is 15.9. The topological polar surface area (TPSA) is 180 Å². The van der Waals surface area contributed by atoms with E-state index in [1.165, 1.54) is 81.5 Å². The normalized spacial score (nSPS) is 9.21. The van der Waals surface area contributed by atoms with Gasteiger partial charge in [0.05, 0.1) is 40.0 Å². The molecule has 0 saturated heterocycles. The SMILES string of the molecule is CC.CC.CC.CC.CC.CC.CC.CC.CC.CC.Cc1cc2c(ccc3ccccc32)cn1.Cc1ccc2ccc3ccccc3c2n1.Cc1ccnc2cnccc12.Cc1cncc2cccnc12.Cc1cncc2ccncc12.Cc1cncc2cnccc12.Cc1cncc2ncccc12.Cc1nccc2ncccc12. The number of rotatable bonds is 0. The van der Waals surface area contributed by atoms with E-state index in [1.807, 2.05) is 303 Å². The van der Waals surface area contributed by atoms with Crippen molar-refractivity contribution in [2.75, 3.05) is 0 Å². The molecule has 0 fully saturated rings. The van der Waals surface area contributed by atoms with Crippen LogP contribution in [0.4, 0.5) is 0 Å². The second-order valence-electron chi connectivity index (χ2n) is 22.8. The molecule has 0 atom stereocenters. The van der Waals surface area contributed by atoms with Crippen LogP contribution in [0.25, 0.3) is 108 Å². The Balaban J connectivity index is 0.000000644. The van der Waals surface area contributed by atoms with Gasteiger partial charge < -0.3 is 0 Å². The van der Waals surface area contributed by atoms with Crippen molar-refractivity contribution >= 4 is 108 Å². The molecular formula is C102H130N14. The fourth-order valence-corrected chi connectivity index (χ4v) is 10.8. The lowest BCUT2D eigenvalue weighted by Gasteiger charge is -2.03. The second kappa shape index (κ2) is 61.1. The molecule has 116 heavy (non-hydrogen) atoms. The first kappa shape index (κ1) is 102. The van der Waals surface area contributed by atoms with E-state index in [0.29, 0.717) is 0 Å². The van der Waals surface area contributed by atoms with E-state index >= 15 is 0 Å². The molecule has 0 radical (unpaired) electrons. The summed E-state index contributed by atoms with van der Waals surface area (Å²) in [6, 6.07) is 53.5. The zero-order chi connectivity index (χ0) is 86.6. The van der Waals surface area contributed by atoms with Gasteiger partial charge in [0.15, 0.2) is 0 Å². The lowest BCUT2D eigenvalue weighted by Crippen LogP contribution is -1.84. The molecule has 0 N–H and O–H groups in total. The van der Waals surface area contributed by atoms with Gasteiger partial charge in [0.1, 0.15) is 0 Å². The maximum Gasteiger partial charge on any atom is 0.0887 e. The number of pyridine rings is 14. The van der Waals surface area contributed by atoms with Crippen LogP contribution >= 0.6 is 0 Å². The molecule has 18 aromatic rings. The summed E-state index contributed by atoms with van der Waals surface area (Å²) in [4.78, 5) is 58.2. The Labute approximate surface area is 694 Å². The Morgan fingerprint density at radius 1 is 0.181 bits per heavy atom. The Morgan fingerprint density at radius 2 is 0.595 bits per heavy atom. The summed E-state index contributed by atoms with van der Waals surface area (Å²) < 4.78 is 0. The lowest BCUT2D eigenvalue weighted by molar-refractivity contribution is 1.22. The van der Waals surface area contributed by atoms with Crippen LogP contribution in [0.3, 0.4) is 0 Å². The predicted octanol–water partition coefficient (Wildman–Crippen LogP) is 29.3. The fraction of sp³-hybridized carbons (Fsp3) is 0.275. The summed E-state index contributed by atoms with van der Waals surface area (Å²) in [7, 11) is 0. The lowest BCUT2D eigenvalue weighted by atomic mass is 10.0. The van der Waals surface area contributed by atoms with Crippen molar-refractivity contribution < 1.29 is 0 Å². The van der Waals surface area contributed by atoms with Crippen molar-refractivity contribution in [3.05, 3.63) is 327 Å². The standard InChI is InChI=1S/2C14H11N.6C9H8N2.10C2H6/c1-10-8-14-12(9-15-10)7-6-11-4-2-3-5-13(11)14;1-10-6-7-12-9-8-11-4-2-3-5-13(11)14(12)15-10;1-7-2-5-11-9-6-10-4-3-8(7)9;1-7-4-11-6-8-5-10-3-2-9(7)8;1-7-4-11-5-8-2-3-10-6-9(7)8;1-7-8-3-2-5-11-9(8)4-6-10-7;1-7-5-10-6-9-8(7)3-2-4-11-9;1-7-5-10-6-8-3-2-4-11-9(7)8;10*1-2/h2*2-9H,1H3;6*2-6H,1H3;10*1-2H3. The molecule has 0 aliphatic carbocycles. The van der Waals surface area contributed by atoms with Crippen LogP contribution in [-0.4, -0.2) is 69.8 Å². The van der Waals surface area contributed by atoms with Crippen LogP contribution in [0.5, 0.6) is 0 Å². The Hall–Kier alpha value is -12.4. The minimum atomic E-state index is 0.965. The van der Waals surface area contributed by atoms with Gasteiger partial charge in [-0.3, -0.25) is 69.8 Å². The quantitative estimate of drug-likeness (QED) is 0.131. The van der Waals surface area contributed by atoms with E-state index in [1.54, 1.807) is 62.0 Å². The Bertz CT molecular complexity index is 4910. The first-order chi connectivity index (χ1) is 56.9. The van der Waals surface area contributed by atoms with Crippen molar-refractivity contribution in [3.8, 4) is 0 Å². The third kappa shape index (κ3) is 31.9. The van der Waals surface area contributed by atoms with Crippen molar-refractivity contribution in [3.63, 3.8) is 0 Å². The van der Waals surface area contributed by atoms with E-state index in [-0.39, 0.29) is 0 Å². The molecule has 18 rings (SSSR count). The number of aromatic nitrogens is 14. The third-order valence-electron chi connectivity index (χ3n) is 15.9. The first-order valence-electron chi connectivity index (χ1n) is 41.4. The molecule has 0 aliphatic heterocycles. The second-order valence-corrected chi connectivity index (χ2v) is 22.8. The first-order valence-corrected chi connectivity index (χ1v) is 41.4. The summed E-state index contributed by atoms with van der Waals surface area (Å²) in [5, 5.41) is 18.1. The number of hydrogen-bond donors (Lipinski definition) is 0. The zero-order valence-corrected chi connectivity index (χ0v) is 74.8. The van der Waals surface area contributed by atoms with Gasteiger partial charge in [-0.2, -0.15) is 0 Å². The minimum Gasteiger partial charge on any atom is -0.264 e. The average Bonchev–Trinajstić information content (AvgIpc) is 0.792. The van der Waals surface area contributed by atoms with Crippen LogP contribution in [0.15, 0.2) is 282 Å². The molecule has 14 heterocycles. The smallest absolute Gasteiger partial charge is 0.0887 e. The fourth-order valence-electron chi connectivity index (χ4n) is 10.8. The molecule has 0 spiro atoms. The van der Waals surface area contributed by atoms with E-state index in [0.717, 1.165) is 71.8 Å². The molecule has 0 bridgehead atoms. The van der Waals surface area contributed by atoms with Gasteiger partial charge in [-0.15, -0.1) is 0 Å². The van der Waals surface area contributed by atoms with E-state index < -0.39 is 0 Å². The highest BCUT2D eigenvalue weighted by Gasteiger charge is 2.04. The van der Waals surface area contributed by atoms with Gasteiger partial charge in [0.25, 0.3) is 0 Å². The summed E-state index contributed by atoms with van der Waals surface area (Å²) in [5.41, 5.74) is 14.2. The van der Waals surface area contributed by atoms with Crippen LogP contribution in [0.2, 0.25) is 0 Å². The Morgan fingerprint density at radius 3 is 1.20 bits per heavy atom. The Kier molecular flexibility index (Phi) is 53.5. The molecule has 4 aromatic carbocycles. The maximum atomic E-state index is 4.60. The number of benzene rings is 4.